The monoisotopic (exact) mass is 480 g/mol. The van der Waals surface area contributed by atoms with Crippen molar-refractivity contribution in [2.75, 3.05) is 16.6 Å². The second kappa shape index (κ2) is 10.8. The van der Waals surface area contributed by atoms with Gasteiger partial charge in [-0.05, 0) is 67.6 Å². The van der Waals surface area contributed by atoms with Gasteiger partial charge in [0.2, 0.25) is 5.91 Å². The highest BCUT2D eigenvalue weighted by atomic mass is 32.2. The maximum absolute atomic E-state index is 12.5. The third-order valence-corrected chi connectivity index (χ3v) is 6.25. The van der Waals surface area contributed by atoms with Crippen LogP contribution in [0.3, 0.4) is 0 Å². The van der Waals surface area contributed by atoms with Crippen molar-refractivity contribution in [2.24, 2.45) is 0 Å². The minimum atomic E-state index is -3.83. The molecule has 0 radical (unpaired) electrons. The predicted octanol–water partition coefficient (Wildman–Crippen LogP) is 4.18. The van der Waals surface area contributed by atoms with Crippen molar-refractivity contribution < 1.29 is 27.5 Å². The number of esters is 1. The lowest BCUT2D eigenvalue weighted by Crippen LogP contribution is -2.15. The fraction of sp³-hybridized carbons (Fsp3) is 0.160. The van der Waals surface area contributed by atoms with Gasteiger partial charge in [-0.3, -0.25) is 14.3 Å². The number of hydrogen-bond acceptors (Lipinski definition) is 6. The number of benzene rings is 3. The van der Waals surface area contributed by atoms with Crippen LogP contribution in [0.2, 0.25) is 0 Å². The van der Waals surface area contributed by atoms with Crippen LogP contribution in [-0.4, -0.2) is 32.7 Å². The van der Waals surface area contributed by atoms with Crippen LogP contribution in [0, 0.1) is 6.92 Å². The zero-order valence-electron chi connectivity index (χ0n) is 18.7. The molecule has 3 rings (SSSR count). The third kappa shape index (κ3) is 6.52. The summed E-state index contributed by atoms with van der Waals surface area (Å²) in [5, 5.41) is 2.68. The Morgan fingerprint density at radius 1 is 0.794 bits per heavy atom. The van der Waals surface area contributed by atoms with E-state index in [9.17, 15) is 22.8 Å². The van der Waals surface area contributed by atoms with E-state index in [4.69, 9.17) is 4.74 Å². The zero-order chi connectivity index (χ0) is 24.7. The molecule has 0 heterocycles. The van der Waals surface area contributed by atoms with Crippen molar-refractivity contribution >= 4 is 39.1 Å². The lowest BCUT2D eigenvalue weighted by atomic mass is 10.1. The van der Waals surface area contributed by atoms with Crippen LogP contribution >= 0.6 is 0 Å². The Balaban J connectivity index is 1.57. The summed E-state index contributed by atoms with van der Waals surface area (Å²) in [6, 6.07) is 18.4. The lowest BCUT2D eigenvalue weighted by Gasteiger charge is -2.09. The van der Waals surface area contributed by atoms with Gasteiger partial charge in [-0.25, -0.2) is 13.2 Å². The minimum absolute atomic E-state index is 0.0176. The molecule has 3 aromatic rings. The highest BCUT2D eigenvalue weighted by Crippen LogP contribution is 2.18. The average Bonchev–Trinajstić information content (AvgIpc) is 2.84. The standard InChI is InChI=1S/C25H24N2O6S/c1-3-24(29)26-20-12-6-18(7-13-20)23(28)16-33-25(30)19-8-14-22(15-9-19)34(31,32)27-21-10-4-17(2)5-11-21/h4-15,27H,3,16H2,1-2H3,(H,26,29). The number of ketones is 1. The summed E-state index contributed by atoms with van der Waals surface area (Å²) in [7, 11) is -3.83. The van der Waals surface area contributed by atoms with Gasteiger partial charge in [-0.15, -0.1) is 0 Å². The van der Waals surface area contributed by atoms with Crippen LogP contribution in [0.25, 0.3) is 0 Å². The van der Waals surface area contributed by atoms with E-state index in [-0.39, 0.29) is 16.4 Å². The van der Waals surface area contributed by atoms with E-state index in [1.807, 2.05) is 6.92 Å². The predicted molar refractivity (Wildman–Crippen MR) is 128 cm³/mol. The maximum atomic E-state index is 12.5. The molecule has 176 valence electrons. The number of hydrogen-bond donors (Lipinski definition) is 2. The first kappa shape index (κ1) is 24.7. The molecule has 0 spiro atoms. The van der Waals surface area contributed by atoms with E-state index in [2.05, 4.69) is 10.0 Å². The first-order valence-electron chi connectivity index (χ1n) is 10.5. The number of Topliss-reactive ketones (excluding diaryl/α,β-unsaturated/α-hetero) is 1. The first-order chi connectivity index (χ1) is 16.2. The number of sulfonamides is 1. The number of rotatable bonds is 9. The van der Waals surface area contributed by atoms with Crippen LogP contribution in [0.1, 0.15) is 39.6 Å². The van der Waals surface area contributed by atoms with E-state index >= 15 is 0 Å². The van der Waals surface area contributed by atoms with E-state index < -0.39 is 28.4 Å². The highest BCUT2D eigenvalue weighted by Gasteiger charge is 2.17. The summed E-state index contributed by atoms with van der Waals surface area (Å²) in [5.74, 6) is -1.31. The van der Waals surface area contributed by atoms with Crippen molar-refractivity contribution in [3.8, 4) is 0 Å². The Labute approximate surface area is 198 Å². The van der Waals surface area contributed by atoms with Gasteiger partial charge in [-0.1, -0.05) is 24.6 Å². The van der Waals surface area contributed by atoms with Gasteiger partial charge in [0, 0.05) is 23.4 Å². The van der Waals surface area contributed by atoms with Gasteiger partial charge in [0.15, 0.2) is 12.4 Å². The molecule has 0 aliphatic rings. The van der Waals surface area contributed by atoms with Crippen LogP contribution < -0.4 is 10.0 Å². The van der Waals surface area contributed by atoms with Crippen LogP contribution in [0.15, 0.2) is 77.7 Å². The summed E-state index contributed by atoms with van der Waals surface area (Å²) in [5.41, 5.74) is 2.42. The van der Waals surface area contributed by atoms with Crippen molar-refractivity contribution in [2.45, 2.75) is 25.2 Å². The Hall–Kier alpha value is -3.98. The molecular weight excluding hydrogens is 456 g/mol. The Morgan fingerprint density at radius 2 is 1.35 bits per heavy atom. The number of ether oxygens (including phenoxy) is 1. The molecule has 9 heteroatoms. The number of nitrogens with one attached hydrogen (secondary N) is 2. The minimum Gasteiger partial charge on any atom is -0.454 e. The molecule has 34 heavy (non-hydrogen) atoms. The zero-order valence-corrected chi connectivity index (χ0v) is 19.5. The molecule has 1 amide bonds. The molecule has 0 atom stereocenters. The normalized spacial score (nSPS) is 10.9. The molecule has 0 aromatic heterocycles. The van der Waals surface area contributed by atoms with Gasteiger partial charge in [0.05, 0.1) is 10.5 Å². The molecule has 0 fully saturated rings. The topological polar surface area (TPSA) is 119 Å². The second-order valence-corrected chi connectivity index (χ2v) is 9.16. The molecule has 0 saturated heterocycles. The Morgan fingerprint density at radius 3 is 1.94 bits per heavy atom. The summed E-state index contributed by atoms with van der Waals surface area (Å²) in [6.07, 6.45) is 0.340. The van der Waals surface area contributed by atoms with Crippen molar-refractivity contribution in [3.05, 3.63) is 89.5 Å². The van der Waals surface area contributed by atoms with E-state index in [1.54, 1.807) is 43.3 Å². The lowest BCUT2D eigenvalue weighted by molar-refractivity contribution is -0.115. The average molecular weight is 481 g/mol. The smallest absolute Gasteiger partial charge is 0.338 e. The van der Waals surface area contributed by atoms with Gasteiger partial charge < -0.3 is 10.1 Å². The van der Waals surface area contributed by atoms with E-state index in [0.717, 1.165) is 5.56 Å². The van der Waals surface area contributed by atoms with E-state index in [1.165, 1.54) is 36.4 Å². The third-order valence-electron chi connectivity index (χ3n) is 4.85. The van der Waals surface area contributed by atoms with Crippen LogP contribution in [-0.2, 0) is 19.6 Å². The van der Waals surface area contributed by atoms with Crippen LogP contribution in [0.5, 0.6) is 0 Å². The first-order valence-corrected chi connectivity index (χ1v) is 12.0. The van der Waals surface area contributed by atoms with Gasteiger partial charge >= 0.3 is 5.97 Å². The Kier molecular flexibility index (Phi) is 7.80. The van der Waals surface area contributed by atoms with Crippen molar-refractivity contribution in [1.82, 2.24) is 0 Å². The number of carbonyl (C=O) groups excluding carboxylic acids is 3. The summed E-state index contributed by atoms with van der Waals surface area (Å²) >= 11 is 0. The molecule has 0 saturated carbocycles. The van der Waals surface area contributed by atoms with Crippen LogP contribution in [0.4, 0.5) is 11.4 Å². The maximum Gasteiger partial charge on any atom is 0.338 e. The SMILES string of the molecule is CCC(=O)Nc1ccc(C(=O)COC(=O)c2ccc(S(=O)(=O)Nc3ccc(C)cc3)cc2)cc1. The number of amides is 1. The van der Waals surface area contributed by atoms with E-state index in [0.29, 0.717) is 23.4 Å². The quantitative estimate of drug-likeness (QED) is 0.350. The highest BCUT2D eigenvalue weighted by molar-refractivity contribution is 7.92. The molecule has 8 nitrogen and oxygen atoms in total. The fourth-order valence-electron chi connectivity index (χ4n) is 2.89. The Bertz CT molecular complexity index is 1280. The molecule has 0 aliphatic carbocycles. The molecule has 0 bridgehead atoms. The molecule has 3 aromatic carbocycles. The largest absolute Gasteiger partial charge is 0.454 e. The summed E-state index contributed by atoms with van der Waals surface area (Å²) < 4.78 is 32.6. The van der Waals surface area contributed by atoms with Gasteiger partial charge in [-0.2, -0.15) is 0 Å². The van der Waals surface area contributed by atoms with Crippen molar-refractivity contribution in [1.29, 1.82) is 0 Å². The number of carbonyl (C=O) groups is 3. The number of aryl methyl sites for hydroxylation is 1. The molecule has 0 unspecified atom stereocenters. The fourth-order valence-corrected chi connectivity index (χ4v) is 3.95. The van der Waals surface area contributed by atoms with Gasteiger partial charge in [0.1, 0.15) is 0 Å². The molecule has 2 N–H and O–H groups in total. The van der Waals surface area contributed by atoms with Crippen molar-refractivity contribution in [3.63, 3.8) is 0 Å². The van der Waals surface area contributed by atoms with Gasteiger partial charge in [0.25, 0.3) is 10.0 Å². The molecular formula is C25H24N2O6S. The second-order valence-electron chi connectivity index (χ2n) is 7.47. The number of anilines is 2. The summed E-state index contributed by atoms with van der Waals surface area (Å²) in [4.78, 5) is 36.0. The molecule has 0 aliphatic heterocycles. The summed E-state index contributed by atoms with van der Waals surface area (Å²) in [6.45, 7) is 3.15.